The quantitative estimate of drug-likeness (QED) is 0.133. The van der Waals surface area contributed by atoms with Gasteiger partial charge in [0, 0.05) is 33.3 Å². The molecule has 3 aromatic heterocycles. The highest BCUT2D eigenvalue weighted by atomic mass is 32.1. The van der Waals surface area contributed by atoms with Gasteiger partial charge in [0.25, 0.3) is 0 Å². The molecule has 0 spiro atoms. The van der Waals surface area contributed by atoms with Gasteiger partial charge >= 0.3 is 28.3 Å². The van der Waals surface area contributed by atoms with Crippen LogP contribution in [0.3, 0.4) is 0 Å². The number of H-pyrrole nitrogens is 1. The maximum Gasteiger partial charge on any atom is 0.490 e. The predicted octanol–water partition coefficient (Wildman–Crippen LogP) is 0.840. The smallest absolute Gasteiger partial charge is 0.387 e. The van der Waals surface area contributed by atoms with Crippen LogP contribution in [0, 0.1) is 0 Å². The molecule has 39 heavy (non-hydrogen) atoms. The van der Waals surface area contributed by atoms with Crippen molar-refractivity contribution in [2.75, 3.05) is 6.61 Å². The first-order valence-electron chi connectivity index (χ1n) is 10.6. The first kappa shape index (κ1) is 28.6. The molecule has 1 aliphatic rings. The van der Waals surface area contributed by atoms with Crippen molar-refractivity contribution in [2.24, 2.45) is 0 Å². The summed E-state index contributed by atoms with van der Waals surface area (Å²) >= 11 is 0.990. The summed E-state index contributed by atoms with van der Waals surface area (Å²) in [7, 11) is -16.8. The molecule has 212 valence electrons. The summed E-state index contributed by atoms with van der Waals surface area (Å²) < 4.78 is 53.6. The fraction of sp³-hybridized carbons (Fsp3) is 0.353. The van der Waals surface area contributed by atoms with Crippen molar-refractivity contribution in [3.8, 4) is 0 Å². The summed E-state index contributed by atoms with van der Waals surface area (Å²) in [6.07, 6.45) is -1.59. The summed E-state index contributed by atoms with van der Waals surface area (Å²) in [5.41, 5.74) is -1.25. The Morgan fingerprint density at radius 3 is 2.59 bits per heavy atom. The molecule has 1 fully saturated rings. The van der Waals surface area contributed by atoms with Gasteiger partial charge in [-0.25, -0.2) is 23.4 Å². The van der Waals surface area contributed by atoms with Crippen LogP contribution in [0.1, 0.15) is 13.2 Å². The fourth-order valence-corrected chi connectivity index (χ4v) is 7.98. The van der Waals surface area contributed by atoms with E-state index in [2.05, 4.69) is 28.2 Å². The molecule has 1 aliphatic heterocycles. The van der Waals surface area contributed by atoms with Gasteiger partial charge in [0.15, 0.2) is 6.23 Å². The highest BCUT2D eigenvalue weighted by Gasteiger charge is 2.54. The third-order valence-corrected chi connectivity index (χ3v) is 10.4. The van der Waals surface area contributed by atoms with Gasteiger partial charge in [-0.3, -0.25) is 14.3 Å². The van der Waals surface area contributed by atoms with E-state index in [-0.39, 0.29) is 4.87 Å². The second-order valence-corrected chi connectivity index (χ2v) is 14.0. The van der Waals surface area contributed by atoms with E-state index in [4.69, 9.17) is 14.5 Å². The van der Waals surface area contributed by atoms with Gasteiger partial charge in [-0.05, 0) is 19.1 Å². The minimum Gasteiger partial charge on any atom is -0.387 e. The van der Waals surface area contributed by atoms with Crippen molar-refractivity contribution < 1.29 is 61.4 Å². The molecule has 5 rings (SSSR count). The number of aliphatic hydroxyl groups is 2. The van der Waals surface area contributed by atoms with E-state index in [1.165, 1.54) is 24.0 Å². The lowest BCUT2D eigenvalue weighted by Crippen LogP contribution is -2.44. The highest BCUT2D eigenvalue weighted by molar-refractivity contribution is 7.66. The molecule has 0 saturated carbocycles. The number of phosphoric ester groups is 1. The molecule has 0 aliphatic carbocycles. The Labute approximate surface area is 219 Å². The number of hydrogen-bond acceptors (Lipinski definition) is 13. The Bertz CT molecular complexity index is 1800. The third-order valence-electron chi connectivity index (χ3n) is 5.74. The van der Waals surface area contributed by atoms with Gasteiger partial charge < -0.3 is 34.5 Å². The van der Waals surface area contributed by atoms with E-state index in [0.717, 1.165) is 11.3 Å². The lowest BCUT2D eigenvalue weighted by atomic mass is 9.97. The number of fused-ring (bicyclic) bond motifs is 2. The van der Waals surface area contributed by atoms with Gasteiger partial charge in [-0.1, -0.05) is 11.3 Å². The Morgan fingerprint density at radius 2 is 1.90 bits per heavy atom. The van der Waals surface area contributed by atoms with Crippen LogP contribution in [-0.2, 0) is 31.6 Å². The summed E-state index contributed by atoms with van der Waals surface area (Å²) in [6.45, 7) is 0.230. The molecule has 2 unspecified atom stereocenters. The largest absolute Gasteiger partial charge is 0.490 e. The number of ether oxygens (including phenoxy) is 1. The molecule has 22 heteroatoms. The number of hydrogen-bond donors (Lipinski definition) is 7. The SMILES string of the molecule is C[C@@]1(O)[C@H](O)[C@@H](COP(=O)(O)OP(=O)(O)OP(=O)(O)O)O[C@H]1n1cc2ccc3sc(=O)[nH]c4ncc(c2n1)c43. The molecule has 4 heterocycles. The number of aromatic nitrogens is 4. The molecular formula is C17H19N4O14P3S. The van der Waals surface area contributed by atoms with Crippen molar-refractivity contribution in [2.45, 2.75) is 31.0 Å². The molecule has 7 N–H and O–H groups in total. The summed E-state index contributed by atoms with van der Waals surface area (Å²) in [4.78, 5) is 54.6. The van der Waals surface area contributed by atoms with Crippen molar-refractivity contribution in [1.82, 2.24) is 19.7 Å². The van der Waals surface area contributed by atoms with Crippen molar-refractivity contribution in [3.63, 3.8) is 0 Å². The molecule has 1 aromatic carbocycles. The van der Waals surface area contributed by atoms with Crippen molar-refractivity contribution >= 4 is 66.8 Å². The number of rotatable bonds is 8. The molecule has 0 radical (unpaired) electrons. The molecular weight excluding hydrogens is 609 g/mol. The number of nitrogens with one attached hydrogen (secondary N) is 1. The van der Waals surface area contributed by atoms with Gasteiger partial charge in [0.05, 0.1) is 6.61 Å². The predicted molar refractivity (Wildman–Crippen MR) is 131 cm³/mol. The Hall–Kier alpha value is -1.92. The molecule has 4 aromatic rings. The molecule has 1 saturated heterocycles. The summed E-state index contributed by atoms with van der Waals surface area (Å²) in [6, 6.07) is 3.40. The van der Waals surface area contributed by atoms with E-state index in [0.29, 0.717) is 32.0 Å². The number of nitrogens with zero attached hydrogens (tertiary/aromatic N) is 3. The molecule has 18 nitrogen and oxygen atoms in total. The average Bonchev–Trinajstić information content (AvgIpc) is 3.40. The maximum absolute atomic E-state index is 12.0. The zero-order valence-electron chi connectivity index (χ0n) is 19.3. The minimum atomic E-state index is -5.74. The summed E-state index contributed by atoms with van der Waals surface area (Å²) in [5.74, 6) is 0. The number of phosphoric acid groups is 3. The van der Waals surface area contributed by atoms with E-state index >= 15 is 0 Å². The normalized spacial score (nSPS) is 27.3. The molecule has 6 atom stereocenters. The van der Waals surface area contributed by atoms with Gasteiger partial charge in [-0.2, -0.15) is 13.7 Å². The third kappa shape index (κ3) is 5.66. The van der Waals surface area contributed by atoms with Crippen LogP contribution in [0.15, 0.2) is 29.3 Å². The van der Waals surface area contributed by atoms with Crippen LogP contribution in [0.25, 0.3) is 32.0 Å². The standard InChI is InChI=1S/C17H19N4O14P3S/c1-17(24)13(22)9(6-32-37(28,29)35-38(30,31)34-36(25,26)27)33-15(17)21-5-7-2-3-10-11-8(12(7)20-21)4-18-14(11)19-16(23)39-10/h2-5,9,13,15,22,24H,6H2,1H3,(H,28,29)(H,30,31)(H,18,19,23)(H2,25,26,27)/t9-,13-,15-,17-/m1/s1. The lowest BCUT2D eigenvalue weighted by Gasteiger charge is -2.26. The number of aromatic amines is 1. The summed E-state index contributed by atoms with van der Waals surface area (Å²) in [5, 5.41) is 27.9. The molecule has 0 bridgehead atoms. The van der Waals surface area contributed by atoms with Crippen LogP contribution in [0.4, 0.5) is 0 Å². The first-order chi connectivity index (χ1) is 18.0. The van der Waals surface area contributed by atoms with Gasteiger partial charge in [0.2, 0.25) is 0 Å². The highest BCUT2D eigenvalue weighted by Crippen LogP contribution is 2.66. The minimum absolute atomic E-state index is 0.289. The van der Waals surface area contributed by atoms with E-state index < -0.39 is 54.1 Å². The van der Waals surface area contributed by atoms with E-state index in [1.54, 1.807) is 12.1 Å². The average molecular weight is 628 g/mol. The van der Waals surface area contributed by atoms with Crippen LogP contribution in [0.2, 0.25) is 0 Å². The van der Waals surface area contributed by atoms with Crippen LogP contribution in [0.5, 0.6) is 0 Å². The second-order valence-electron chi connectivity index (χ2n) is 8.60. The van der Waals surface area contributed by atoms with Gasteiger partial charge in [-0.15, -0.1) is 0 Å². The lowest BCUT2D eigenvalue weighted by molar-refractivity contribution is -0.102. The van der Waals surface area contributed by atoms with E-state index in [9.17, 15) is 38.5 Å². The van der Waals surface area contributed by atoms with Crippen LogP contribution >= 0.6 is 34.8 Å². The monoisotopic (exact) mass is 628 g/mol. The Kier molecular flexibility index (Phi) is 7.03. The molecule has 0 amide bonds. The fourth-order valence-electron chi connectivity index (χ4n) is 4.15. The van der Waals surface area contributed by atoms with Gasteiger partial charge in [0.1, 0.15) is 29.0 Å². The van der Waals surface area contributed by atoms with Crippen molar-refractivity contribution in [3.05, 3.63) is 34.2 Å². The Morgan fingerprint density at radius 1 is 1.18 bits per heavy atom. The van der Waals surface area contributed by atoms with Crippen LogP contribution in [-0.4, -0.2) is 74.0 Å². The number of aliphatic hydroxyl groups excluding tert-OH is 1. The van der Waals surface area contributed by atoms with E-state index in [1.807, 2.05) is 0 Å². The Balaban J connectivity index is 1.40. The first-order valence-corrected chi connectivity index (χ1v) is 15.9. The maximum atomic E-state index is 12.0. The zero-order valence-corrected chi connectivity index (χ0v) is 22.8. The topological polar surface area (TPSA) is 273 Å². The van der Waals surface area contributed by atoms with Crippen molar-refractivity contribution in [1.29, 1.82) is 0 Å². The van der Waals surface area contributed by atoms with Crippen LogP contribution < -0.4 is 4.87 Å². The zero-order chi connectivity index (χ0) is 28.5. The second kappa shape index (κ2) is 9.58.